The predicted molar refractivity (Wildman–Crippen MR) is 147 cm³/mol. The largest absolute Gasteiger partial charge is 0.492 e. The second-order valence-corrected chi connectivity index (χ2v) is 11.5. The molecule has 2 N–H and O–H groups in total. The van der Waals surface area contributed by atoms with Crippen LogP contribution in [0.15, 0.2) is 36.7 Å². The van der Waals surface area contributed by atoms with Crippen molar-refractivity contribution in [2.75, 3.05) is 13.7 Å². The Labute approximate surface area is 223 Å². The van der Waals surface area contributed by atoms with Crippen LogP contribution in [0.25, 0.3) is 16.8 Å². The molecular formula is C30H38FN5O2. The third kappa shape index (κ3) is 4.95. The van der Waals surface area contributed by atoms with E-state index in [2.05, 4.69) is 26.0 Å². The van der Waals surface area contributed by atoms with Gasteiger partial charge in [0, 0.05) is 54.2 Å². The number of imidazole rings is 1. The fourth-order valence-electron chi connectivity index (χ4n) is 5.08. The molecule has 1 atom stereocenters. The molecule has 1 saturated carbocycles. The highest BCUT2D eigenvalue weighted by atomic mass is 19.1. The first-order chi connectivity index (χ1) is 18.1. The predicted octanol–water partition coefficient (Wildman–Crippen LogP) is 5.48. The number of fused-ring (bicyclic) bond motifs is 1. The minimum Gasteiger partial charge on any atom is -0.492 e. The first-order valence-electron chi connectivity index (χ1n) is 13.4. The summed E-state index contributed by atoms with van der Waals surface area (Å²) < 4.78 is 25.5. The van der Waals surface area contributed by atoms with E-state index in [-0.39, 0.29) is 17.2 Å². The minimum absolute atomic E-state index is 0.181. The number of aromatic nitrogens is 4. The number of aliphatic hydroxyl groups excluding tert-OH is 1. The Morgan fingerprint density at radius 3 is 2.66 bits per heavy atom. The summed E-state index contributed by atoms with van der Waals surface area (Å²) in [6, 6.07) is 7.38. The number of hydrogen-bond acceptors (Lipinski definition) is 5. The fourth-order valence-corrected chi connectivity index (χ4v) is 5.08. The number of benzene rings is 1. The molecule has 0 radical (unpaired) electrons. The molecule has 0 saturated heterocycles. The number of aryl methyl sites for hydroxylation is 1. The Morgan fingerprint density at radius 1 is 1.21 bits per heavy atom. The number of hydrogen-bond donors (Lipinski definition) is 2. The van der Waals surface area contributed by atoms with Crippen LogP contribution < -0.4 is 10.1 Å². The van der Waals surface area contributed by atoms with Crippen LogP contribution >= 0.6 is 0 Å². The number of nitrogens with zero attached hydrogens (tertiary/aromatic N) is 4. The third-order valence-corrected chi connectivity index (χ3v) is 7.55. The average molecular weight is 520 g/mol. The van der Waals surface area contributed by atoms with Gasteiger partial charge in [-0.05, 0) is 62.4 Å². The van der Waals surface area contributed by atoms with Gasteiger partial charge in [0.1, 0.15) is 23.3 Å². The average Bonchev–Trinajstić information content (AvgIpc) is 3.58. The molecule has 3 aromatic heterocycles. The van der Waals surface area contributed by atoms with Crippen molar-refractivity contribution in [3.05, 3.63) is 70.7 Å². The van der Waals surface area contributed by atoms with Gasteiger partial charge in [0.15, 0.2) is 0 Å². The summed E-state index contributed by atoms with van der Waals surface area (Å²) in [5, 5.41) is 18.8. The molecule has 5 rings (SSSR count). The van der Waals surface area contributed by atoms with Crippen molar-refractivity contribution in [3.63, 3.8) is 0 Å². The van der Waals surface area contributed by atoms with Crippen molar-refractivity contribution in [1.29, 1.82) is 0 Å². The molecule has 0 aliphatic heterocycles. The zero-order valence-corrected chi connectivity index (χ0v) is 23.2. The SMILES string of the molecule is CNCc1cnc2ccc(-c3ccc(F)c(C4CC4)c3OCCc3c(C(O)C(C)(C)C)nn(C)c3C)cn12. The normalized spacial score (nSPS) is 14.8. The molecule has 8 heteroatoms. The number of pyridine rings is 1. The first kappa shape index (κ1) is 26.4. The fraction of sp³-hybridized carbons (Fsp3) is 0.467. The summed E-state index contributed by atoms with van der Waals surface area (Å²) in [7, 11) is 3.80. The maximum absolute atomic E-state index is 15.2. The molecule has 1 aromatic carbocycles. The summed E-state index contributed by atoms with van der Waals surface area (Å²) in [6.07, 6.45) is 5.72. The molecule has 202 valence electrons. The molecule has 1 aliphatic rings. The van der Waals surface area contributed by atoms with E-state index >= 15 is 4.39 Å². The second kappa shape index (κ2) is 10.2. The summed E-state index contributed by atoms with van der Waals surface area (Å²) in [5.74, 6) is 0.578. The summed E-state index contributed by atoms with van der Waals surface area (Å²) in [5.41, 5.74) is 6.73. The Hall–Kier alpha value is -3.23. The molecule has 1 aliphatic carbocycles. The highest BCUT2D eigenvalue weighted by Crippen LogP contribution is 2.49. The van der Waals surface area contributed by atoms with E-state index in [1.165, 1.54) is 0 Å². The number of rotatable bonds is 9. The van der Waals surface area contributed by atoms with Crippen LogP contribution in [0, 0.1) is 18.2 Å². The lowest BCUT2D eigenvalue weighted by Gasteiger charge is -2.25. The van der Waals surface area contributed by atoms with Crippen molar-refractivity contribution < 1.29 is 14.2 Å². The Morgan fingerprint density at radius 2 is 1.97 bits per heavy atom. The monoisotopic (exact) mass is 519 g/mol. The van der Waals surface area contributed by atoms with Gasteiger partial charge in [-0.15, -0.1) is 0 Å². The Bertz CT molecular complexity index is 1460. The summed E-state index contributed by atoms with van der Waals surface area (Å²) in [4.78, 5) is 4.50. The van der Waals surface area contributed by atoms with Crippen LogP contribution in [-0.2, 0) is 20.0 Å². The van der Waals surface area contributed by atoms with Gasteiger partial charge in [-0.3, -0.25) is 4.68 Å². The molecule has 38 heavy (non-hydrogen) atoms. The highest BCUT2D eigenvalue weighted by Gasteiger charge is 2.33. The van der Waals surface area contributed by atoms with Crippen LogP contribution in [0.5, 0.6) is 5.75 Å². The van der Waals surface area contributed by atoms with Gasteiger partial charge in [-0.25, -0.2) is 9.37 Å². The van der Waals surface area contributed by atoms with Crippen molar-refractivity contribution >= 4 is 5.65 Å². The minimum atomic E-state index is -0.696. The lowest BCUT2D eigenvalue weighted by atomic mass is 9.85. The number of nitrogens with one attached hydrogen (secondary N) is 1. The zero-order valence-electron chi connectivity index (χ0n) is 23.2. The van der Waals surface area contributed by atoms with E-state index in [4.69, 9.17) is 4.74 Å². The van der Waals surface area contributed by atoms with Crippen molar-refractivity contribution in [1.82, 2.24) is 24.5 Å². The van der Waals surface area contributed by atoms with Gasteiger partial charge in [-0.2, -0.15) is 5.10 Å². The lowest BCUT2D eigenvalue weighted by molar-refractivity contribution is 0.0575. The molecule has 3 heterocycles. The van der Waals surface area contributed by atoms with Crippen LogP contribution in [0.1, 0.15) is 73.8 Å². The summed E-state index contributed by atoms with van der Waals surface area (Å²) >= 11 is 0. The van der Waals surface area contributed by atoms with E-state index in [0.29, 0.717) is 36.6 Å². The van der Waals surface area contributed by atoms with E-state index in [0.717, 1.165) is 46.6 Å². The van der Waals surface area contributed by atoms with E-state index in [9.17, 15) is 5.11 Å². The molecule has 1 unspecified atom stereocenters. The van der Waals surface area contributed by atoms with Crippen LogP contribution in [0.3, 0.4) is 0 Å². The van der Waals surface area contributed by atoms with Crippen molar-refractivity contribution in [2.45, 2.75) is 65.5 Å². The molecule has 4 aromatic rings. The van der Waals surface area contributed by atoms with Gasteiger partial charge in [-0.1, -0.05) is 20.8 Å². The molecule has 0 bridgehead atoms. The van der Waals surface area contributed by atoms with E-state index < -0.39 is 6.10 Å². The quantitative estimate of drug-likeness (QED) is 0.306. The third-order valence-electron chi connectivity index (χ3n) is 7.55. The van der Waals surface area contributed by atoms with Crippen molar-refractivity contribution in [3.8, 4) is 16.9 Å². The molecule has 0 amide bonds. The van der Waals surface area contributed by atoms with Gasteiger partial charge in [0.25, 0.3) is 0 Å². The topological polar surface area (TPSA) is 76.6 Å². The second-order valence-electron chi connectivity index (χ2n) is 11.5. The van der Waals surface area contributed by atoms with Crippen LogP contribution in [-0.4, -0.2) is 37.9 Å². The molecule has 7 nitrogen and oxygen atoms in total. The zero-order chi connectivity index (χ0) is 27.2. The number of aliphatic hydroxyl groups is 1. The van der Waals surface area contributed by atoms with E-state index in [1.54, 1.807) is 6.07 Å². The molecule has 0 spiro atoms. The number of halogens is 1. The Kier molecular flexibility index (Phi) is 7.05. The van der Waals surface area contributed by atoms with Crippen LogP contribution in [0.2, 0.25) is 0 Å². The van der Waals surface area contributed by atoms with E-state index in [1.807, 2.05) is 70.9 Å². The number of ether oxygens (including phenoxy) is 1. The van der Waals surface area contributed by atoms with Crippen LogP contribution in [0.4, 0.5) is 4.39 Å². The van der Waals surface area contributed by atoms with Gasteiger partial charge < -0.3 is 19.6 Å². The molecular weight excluding hydrogens is 481 g/mol. The van der Waals surface area contributed by atoms with Gasteiger partial charge >= 0.3 is 0 Å². The first-order valence-corrected chi connectivity index (χ1v) is 13.4. The smallest absolute Gasteiger partial charge is 0.136 e. The lowest BCUT2D eigenvalue weighted by Crippen LogP contribution is -2.20. The molecule has 1 fully saturated rings. The standard InChI is InChI=1S/C30H38FN5O2/c1-18-22(27(34-35(18)6)29(37)30(2,3)4)13-14-38-28-23(10-11-24(31)26(28)19-7-8-19)20-9-12-25-33-16-21(15-32-5)36(25)17-20/h9-12,16-17,19,29,32,37H,7-8,13-15H2,1-6H3. The van der Waals surface area contributed by atoms with Crippen molar-refractivity contribution in [2.24, 2.45) is 12.5 Å². The maximum Gasteiger partial charge on any atom is 0.136 e. The maximum atomic E-state index is 15.2. The Balaban J connectivity index is 1.50. The summed E-state index contributed by atoms with van der Waals surface area (Å²) in [6.45, 7) is 9.06. The highest BCUT2D eigenvalue weighted by molar-refractivity contribution is 5.73. The van der Waals surface area contributed by atoms with Gasteiger partial charge in [0.05, 0.1) is 24.2 Å². The van der Waals surface area contributed by atoms with Gasteiger partial charge in [0.2, 0.25) is 0 Å².